The summed E-state index contributed by atoms with van der Waals surface area (Å²) < 4.78 is 5.50. The predicted molar refractivity (Wildman–Crippen MR) is 63.3 cm³/mol. The minimum Gasteiger partial charge on any atom is -0.478 e. The van der Waals surface area contributed by atoms with Crippen molar-refractivity contribution in [2.45, 2.75) is 46.0 Å². The van der Waals surface area contributed by atoms with Gasteiger partial charge >= 0.3 is 0 Å². The molecule has 0 atom stereocenters. The molecule has 0 unspecified atom stereocenters. The van der Waals surface area contributed by atoms with Crippen LogP contribution in [-0.4, -0.2) is 11.6 Å². The van der Waals surface area contributed by atoms with E-state index >= 15 is 0 Å². The summed E-state index contributed by atoms with van der Waals surface area (Å²) in [6, 6.07) is 4.05. The average molecular weight is 207 g/mol. The van der Waals surface area contributed by atoms with E-state index in [0.29, 0.717) is 0 Å². The van der Waals surface area contributed by atoms with Gasteiger partial charge in [0, 0.05) is 12.3 Å². The number of unbranched alkanes of at least 4 members (excludes halogenated alkanes) is 1. The first-order valence-electron chi connectivity index (χ1n) is 5.63. The van der Waals surface area contributed by atoms with Crippen LogP contribution in [-0.2, 0) is 5.41 Å². The van der Waals surface area contributed by atoms with Crippen molar-refractivity contribution in [3.8, 4) is 5.88 Å². The van der Waals surface area contributed by atoms with Crippen LogP contribution in [0.15, 0.2) is 18.3 Å². The van der Waals surface area contributed by atoms with E-state index in [-0.39, 0.29) is 5.41 Å². The highest BCUT2D eigenvalue weighted by molar-refractivity contribution is 5.23. The van der Waals surface area contributed by atoms with Gasteiger partial charge in [0.05, 0.1) is 6.61 Å². The zero-order valence-electron chi connectivity index (χ0n) is 10.2. The van der Waals surface area contributed by atoms with Crippen LogP contribution < -0.4 is 4.74 Å². The molecule has 0 radical (unpaired) electrons. The van der Waals surface area contributed by atoms with E-state index < -0.39 is 0 Å². The molecule has 0 fully saturated rings. The third-order valence-corrected chi connectivity index (χ3v) is 2.35. The number of aromatic nitrogens is 1. The van der Waals surface area contributed by atoms with Crippen LogP contribution in [0.25, 0.3) is 0 Å². The molecule has 0 aromatic carbocycles. The summed E-state index contributed by atoms with van der Waals surface area (Å²) in [5.41, 5.74) is 1.40. The lowest BCUT2D eigenvalue weighted by molar-refractivity contribution is 0.297. The lowest BCUT2D eigenvalue weighted by Gasteiger charge is -2.18. The molecule has 0 aliphatic heterocycles. The van der Waals surface area contributed by atoms with E-state index in [1.54, 1.807) is 0 Å². The van der Waals surface area contributed by atoms with Crippen LogP contribution in [0.5, 0.6) is 5.88 Å². The molecule has 0 bridgehead atoms. The Labute approximate surface area is 92.7 Å². The van der Waals surface area contributed by atoms with Crippen LogP contribution in [0.4, 0.5) is 0 Å². The van der Waals surface area contributed by atoms with Gasteiger partial charge in [-0.3, -0.25) is 0 Å². The lowest BCUT2D eigenvalue weighted by Crippen LogP contribution is -2.11. The van der Waals surface area contributed by atoms with Gasteiger partial charge in [0.1, 0.15) is 0 Å². The highest BCUT2D eigenvalue weighted by Crippen LogP contribution is 2.22. The molecular formula is C13H21NO. The largest absolute Gasteiger partial charge is 0.478 e. The molecule has 0 aliphatic rings. The van der Waals surface area contributed by atoms with Gasteiger partial charge < -0.3 is 4.74 Å². The molecule has 0 saturated heterocycles. The van der Waals surface area contributed by atoms with Gasteiger partial charge in [0.15, 0.2) is 0 Å². The first kappa shape index (κ1) is 12.0. The van der Waals surface area contributed by atoms with E-state index in [0.717, 1.165) is 25.3 Å². The maximum absolute atomic E-state index is 5.50. The van der Waals surface area contributed by atoms with Gasteiger partial charge in [0.25, 0.3) is 0 Å². The summed E-state index contributed by atoms with van der Waals surface area (Å²) in [5.74, 6) is 0.733. The summed E-state index contributed by atoms with van der Waals surface area (Å²) in [6.45, 7) is 9.46. The van der Waals surface area contributed by atoms with Crippen LogP contribution in [0.2, 0.25) is 0 Å². The Morgan fingerprint density at radius 1 is 1.27 bits per heavy atom. The Kier molecular flexibility index (Phi) is 4.13. The molecule has 0 N–H and O–H groups in total. The summed E-state index contributed by atoms with van der Waals surface area (Å²) in [5, 5.41) is 0. The first-order valence-corrected chi connectivity index (χ1v) is 5.63. The highest BCUT2D eigenvalue weighted by atomic mass is 16.5. The van der Waals surface area contributed by atoms with Crippen LogP contribution in [0.1, 0.15) is 46.1 Å². The summed E-state index contributed by atoms with van der Waals surface area (Å²) in [4.78, 5) is 4.29. The van der Waals surface area contributed by atoms with Gasteiger partial charge in [-0.1, -0.05) is 40.2 Å². The molecule has 2 nitrogen and oxygen atoms in total. The summed E-state index contributed by atoms with van der Waals surface area (Å²) in [7, 11) is 0. The van der Waals surface area contributed by atoms with Gasteiger partial charge in [-0.15, -0.1) is 0 Å². The number of pyridine rings is 1. The fourth-order valence-corrected chi connectivity index (χ4v) is 1.23. The normalized spacial score (nSPS) is 11.5. The lowest BCUT2D eigenvalue weighted by atomic mass is 9.88. The Balaban J connectivity index is 2.57. The van der Waals surface area contributed by atoms with Crippen molar-refractivity contribution in [3.63, 3.8) is 0 Å². The molecule has 0 amide bonds. The second-order valence-electron chi connectivity index (χ2n) is 4.84. The highest BCUT2D eigenvalue weighted by Gasteiger charge is 2.13. The Bertz CT molecular complexity index is 284. The number of nitrogens with zero attached hydrogens (tertiary/aromatic N) is 1. The second-order valence-corrected chi connectivity index (χ2v) is 4.84. The molecule has 1 aromatic heterocycles. The number of hydrogen-bond donors (Lipinski definition) is 0. The van der Waals surface area contributed by atoms with Crippen molar-refractivity contribution in [3.05, 3.63) is 23.9 Å². The molecular weight excluding hydrogens is 186 g/mol. The van der Waals surface area contributed by atoms with Crippen molar-refractivity contribution < 1.29 is 4.74 Å². The molecule has 0 aliphatic carbocycles. The van der Waals surface area contributed by atoms with E-state index in [1.807, 2.05) is 12.3 Å². The molecule has 2 heteroatoms. The van der Waals surface area contributed by atoms with Crippen molar-refractivity contribution in [1.82, 2.24) is 4.98 Å². The van der Waals surface area contributed by atoms with Crippen LogP contribution >= 0.6 is 0 Å². The van der Waals surface area contributed by atoms with Crippen molar-refractivity contribution in [2.75, 3.05) is 6.61 Å². The summed E-state index contributed by atoms with van der Waals surface area (Å²) >= 11 is 0. The zero-order valence-corrected chi connectivity index (χ0v) is 10.2. The number of rotatable bonds is 4. The Morgan fingerprint density at radius 2 is 2.00 bits per heavy atom. The minimum atomic E-state index is 0.162. The zero-order chi connectivity index (χ0) is 11.3. The second kappa shape index (κ2) is 5.15. The first-order chi connectivity index (χ1) is 7.04. The molecule has 84 valence electrons. The van der Waals surface area contributed by atoms with Crippen molar-refractivity contribution >= 4 is 0 Å². The average Bonchev–Trinajstić information content (AvgIpc) is 2.18. The van der Waals surface area contributed by atoms with Crippen molar-refractivity contribution in [2.24, 2.45) is 0 Å². The monoisotopic (exact) mass is 207 g/mol. The van der Waals surface area contributed by atoms with Gasteiger partial charge in [-0.2, -0.15) is 0 Å². The third kappa shape index (κ3) is 3.90. The quantitative estimate of drug-likeness (QED) is 0.704. The van der Waals surface area contributed by atoms with Crippen LogP contribution in [0, 0.1) is 0 Å². The molecule has 15 heavy (non-hydrogen) atoms. The topological polar surface area (TPSA) is 22.1 Å². The fourth-order valence-electron chi connectivity index (χ4n) is 1.23. The third-order valence-electron chi connectivity index (χ3n) is 2.35. The van der Waals surface area contributed by atoms with E-state index in [9.17, 15) is 0 Å². The van der Waals surface area contributed by atoms with Gasteiger partial charge in [-0.05, 0) is 17.4 Å². The summed E-state index contributed by atoms with van der Waals surface area (Å²) in [6.07, 6.45) is 4.14. The minimum absolute atomic E-state index is 0.162. The SMILES string of the molecule is CCCCOc1ccc(C(C)(C)C)cn1. The van der Waals surface area contributed by atoms with Gasteiger partial charge in [0.2, 0.25) is 5.88 Å². The van der Waals surface area contributed by atoms with E-state index in [4.69, 9.17) is 4.74 Å². The fraction of sp³-hybridized carbons (Fsp3) is 0.615. The van der Waals surface area contributed by atoms with Crippen LogP contribution in [0.3, 0.4) is 0 Å². The predicted octanol–water partition coefficient (Wildman–Crippen LogP) is 3.56. The molecule has 0 spiro atoms. The van der Waals surface area contributed by atoms with E-state index in [1.165, 1.54) is 5.56 Å². The smallest absolute Gasteiger partial charge is 0.213 e. The van der Waals surface area contributed by atoms with E-state index in [2.05, 4.69) is 38.7 Å². The molecule has 1 aromatic rings. The standard InChI is InChI=1S/C13H21NO/c1-5-6-9-15-12-8-7-11(10-14-12)13(2,3)4/h7-8,10H,5-6,9H2,1-4H3. The number of hydrogen-bond acceptors (Lipinski definition) is 2. The molecule has 0 saturated carbocycles. The Morgan fingerprint density at radius 3 is 2.47 bits per heavy atom. The maximum atomic E-state index is 5.50. The molecule has 1 heterocycles. The van der Waals surface area contributed by atoms with Crippen molar-refractivity contribution in [1.29, 1.82) is 0 Å². The Hall–Kier alpha value is -1.05. The maximum Gasteiger partial charge on any atom is 0.213 e. The van der Waals surface area contributed by atoms with Gasteiger partial charge in [-0.25, -0.2) is 4.98 Å². The number of ether oxygens (including phenoxy) is 1. The molecule has 1 rings (SSSR count).